The largest absolute Gasteiger partial charge is 0.399 e. The summed E-state index contributed by atoms with van der Waals surface area (Å²) in [7, 11) is 0. The van der Waals surface area contributed by atoms with Crippen LogP contribution in [0.2, 0.25) is 0 Å². The maximum absolute atomic E-state index is 5.74. The Kier molecular flexibility index (Phi) is 2.40. The minimum Gasteiger partial charge on any atom is -0.399 e. The van der Waals surface area contributed by atoms with Gasteiger partial charge in [-0.2, -0.15) is 4.98 Å². The molecule has 0 amide bonds. The van der Waals surface area contributed by atoms with E-state index in [2.05, 4.69) is 24.0 Å². The lowest BCUT2D eigenvalue weighted by Crippen LogP contribution is -1.94. The molecule has 0 aliphatic heterocycles. The van der Waals surface area contributed by atoms with Gasteiger partial charge in [-0.1, -0.05) is 31.1 Å². The molecule has 94 valence electrons. The van der Waals surface area contributed by atoms with Crippen LogP contribution in [0.5, 0.6) is 0 Å². The molecule has 1 atom stereocenters. The molecule has 18 heavy (non-hydrogen) atoms. The molecular formula is C14H17N3O. The van der Waals surface area contributed by atoms with Crippen molar-refractivity contribution in [2.24, 2.45) is 5.41 Å². The first kappa shape index (κ1) is 11.3. The topological polar surface area (TPSA) is 64.9 Å². The van der Waals surface area contributed by atoms with E-state index in [9.17, 15) is 0 Å². The summed E-state index contributed by atoms with van der Waals surface area (Å²) in [6.45, 7) is 4.46. The zero-order valence-electron chi connectivity index (χ0n) is 10.7. The molecule has 1 saturated carbocycles. The molecular weight excluding hydrogens is 226 g/mol. The van der Waals surface area contributed by atoms with Gasteiger partial charge in [0.15, 0.2) is 5.82 Å². The predicted molar refractivity (Wildman–Crippen MR) is 69.1 cm³/mol. The lowest BCUT2D eigenvalue weighted by molar-refractivity contribution is 0.377. The van der Waals surface area contributed by atoms with Gasteiger partial charge in [0.25, 0.3) is 0 Å². The molecule has 1 aliphatic carbocycles. The van der Waals surface area contributed by atoms with Crippen LogP contribution in [0, 0.1) is 5.41 Å². The second-order valence-corrected chi connectivity index (χ2v) is 5.71. The van der Waals surface area contributed by atoms with E-state index in [1.807, 2.05) is 24.3 Å². The molecule has 4 nitrogen and oxygen atoms in total. The zero-order chi connectivity index (χ0) is 12.8. The van der Waals surface area contributed by atoms with E-state index >= 15 is 0 Å². The molecule has 0 saturated heterocycles. The fraction of sp³-hybridized carbons (Fsp3) is 0.429. The summed E-state index contributed by atoms with van der Waals surface area (Å²) in [4.78, 5) is 4.47. The van der Waals surface area contributed by atoms with Gasteiger partial charge in [-0.05, 0) is 29.5 Å². The van der Waals surface area contributed by atoms with Crippen LogP contribution in [0.15, 0.2) is 28.8 Å². The average molecular weight is 243 g/mol. The normalized spacial score (nSPS) is 20.9. The van der Waals surface area contributed by atoms with Gasteiger partial charge in [0.1, 0.15) is 0 Å². The van der Waals surface area contributed by atoms with Gasteiger partial charge in [-0.3, -0.25) is 0 Å². The zero-order valence-corrected chi connectivity index (χ0v) is 10.7. The van der Waals surface area contributed by atoms with E-state index in [1.165, 1.54) is 0 Å². The maximum Gasteiger partial charge on any atom is 0.231 e. The van der Waals surface area contributed by atoms with Crippen molar-refractivity contribution in [1.29, 1.82) is 0 Å². The van der Waals surface area contributed by atoms with Gasteiger partial charge in [0, 0.05) is 11.6 Å². The summed E-state index contributed by atoms with van der Waals surface area (Å²) in [5, 5.41) is 4.08. The molecule has 2 aromatic rings. The highest BCUT2D eigenvalue weighted by molar-refractivity contribution is 5.41. The molecule has 2 N–H and O–H groups in total. The van der Waals surface area contributed by atoms with Gasteiger partial charge in [-0.25, -0.2) is 0 Å². The van der Waals surface area contributed by atoms with Crippen LogP contribution in [-0.2, 0) is 6.42 Å². The molecule has 1 aromatic heterocycles. The lowest BCUT2D eigenvalue weighted by Gasteiger charge is -1.98. The SMILES string of the molecule is CC1(C)CC1c1noc(Cc2cccc(N)c2)n1. The van der Waals surface area contributed by atoms with Crippen LogP contribution in [0.25, 0.3) is 0 Å². The number of aromatic nitrogens is 2. The molecule has 0 bridgehead atoms. The number of hydrogen-bond acceptors (Lipinski definition) is 4. The summed E-state index contributed by atoms with van der Waals surface area (Å²) >= 11 is 0. The number of anilines is 1. The summed E-state index contributed by atoms with van der Waals surface area (Å²) < 4.78 is 5.30. The first-order chi connectivity index (χ1) is 8.54. The van der Waals surface area contributed by atoms with E-state index in [0.29, 0.717) is 23.6 Å². The highest BCUT2D eigenvalue weighted by atomic mass is 16.5. The van der Waals surface area contributed by atoms with Crippen molar-refractivity contribution in [2.75, 3.05) is 5.73 Å². The molecule has 1 heterocycles. The Morgan fingerprint density at radius 1 is 1.44 bits per heavy atom. The molecule has 0 radical (unpaired) electrons. The molecule has 1 aromatic carbocycles. The van der Waals surface area contributed by atoms with Gasteiger partial charge in [0.05, 0.1) is 6.42 Å². The van der Waals surface area contributed by atoms with E-state index in [0.717, 1.165) is 23.5 Å². The Morgan fingerprint density at radius 2 is 2.22 bits per heavy atom. The van der Waals surface area contributed by atoms with Gasteiger partial charge < -0.3 is 10.3 Å². The first-order valence-electron chi connectivity index (χ1n) is 6.21. The molecule has 1 fully saturated rings. The Morgan fingerprint density at radius 3 is 2.89 bits per heavy atom. The standard InChI is InChI=1S/C14H17N3O/c1-14(2)8-11(14)13-16-12(18-17-13)7-9-4-3-5-10(15)6-9/h3-6,11H,7-8,15H2,1-2H3. The Bertz CT molecular complexity index is 574. The fourth-order valence-electron chi connectivity index (χ4n) is 2.27. The molecule has 4 heteroatoms. The van der Waals surface area contributed by atoms with Crippen molar-refractivity contribution in [2.45, 2.75) is 32.6 Å². The number of benzene rings is 1. The average Bonchev–Trinajstić information content (AvgIpc) is 2.72. The van der Waals surface area contributed by atoms with Crippen LogP contribution < -0.4 is 5.73 Å². The number of hydrogen-bond donors (Lipinski definition) is 1. The Balaban J connectivity index is 1.75. The second kappa shape index (κ2) is 3.83. The minimum absolute atomic E-state index is 0.332. The third-order valence-electron chi connectivity index (χ3n) is 3.62. The molecule has 0 spiro atoms. The Hall–Kier alpha value is -1.84. The summed E-state index contributed by atoms with van der Waals surface area (Å²) in [6, 6.07) is 7.76. The van der Waals surface area contributed by atoms with Gasteiger partial charge in [0.2, 0.25) is 5.89 Å². The number of nitrogen functional groups attached to an aromatic ring is 1. The van der Waals surface area contributed by atoms with Gasteiger partial charge in [-0.15, -0.1) is 0 Å². The van der Waals surface area contributed by atoms with E-state index in [-0.39, 0.29) is 0 Å². The minimum atomic E-state index is 0.332. The molecule has 3 rings (SSSR count). The van der Waals surface area contributed by atoms with Crippen LogP contribution in [0.1, 0.15) is 43.5 Å². The number of rotatable bonds is 3. The van der Waals surface area contributed by atoms with Crippen LogP contribution in [0.4, 0.5) is 5.69 Å². The summed E-state index contributed by atoms with van der Waals surface area (Å²) in [6.07, 6.45) is 1.79. The van der Waals surface area contributed by atoms with E-state index < -0.39 is 0 Å². The van der Waals surface area contributed by atoms with Gasteiger partial charge >= 0.3 is 0 Å². The highest BCUT2D eigenvalue weighted by Crippen LogP contribution is 2.57. The van der Waals surface area contributed by atoms with Crippen molar-refractivity contribution >= 4 is 5.69 Å². The molecule has 1 aliphatic rings. The Labute approximate surface area is 106 Å². The number of nitrogens with zero attached hydrogens (tertiary/aromatic N) is 2. The van der Waals surface area contributed by atoms with E-state index in [4.69, 9.17) is 10.3 Å². The van der Waals surface area contributed by atoms with Crippen molar-refractivity contribution in [3.63, 3.8) is 0 Å². The second-order valence-electron chi connectivity index (χ2n) is 5.71. The lowest BCUT2D eigenvalue weighted by atomic mass is 10.1. The molecule has 1 unspecified atom stereocenters. The summed E-state index contributed by atoms with van der Waals surface area (Å²) in [5.74, 6) is 1.97. The third kappa shape index (κ3) is 2.10. The van der Waals surface area contributed by atoms with Crippen molar-refractivity contribution < 1.29 is 4.52 Å². The number of nitrogens with two attached hydrogens (primary N) is 1. The van der Waals surface area contributed by atoms with Crippen molar-refractivity contribution in [3.05, 3.63) is 41.5 Å². The first-order valence-corrected chi connectivity index (χ1v) is 6.21. The monoisotopic (exact) mass is 243 g/mol. The van der Waals surface area contributed by atoms with E-state index in [1.54, 1.807) is 0 Å². The van der Waals surface area contributed by atoms with Crippen molar-refractivity contribution in [3.8, 4) is 0 Å². The fourth-order valence-corrected chi connectivity index (χ4v) is 2.27. The smallest absolute Gasteiger partial charge is 0.231 e. The summed E-state index contributed by atoms with van der Waals surface area (Å²) in [5.41, 5.74) is 7.93. The predicted octanol–water partition coefficient (Wildman–Crippen LogP) is 2.76. The van der Waals surface area contributed by atoms with Crippen LogP contribution in [-0.4, -0.2) is 10.1 Å². The third-order valence-corrected chi connectivity index (χ3v) is 3.62. The quantitative estimate of drug-likeness (QED) is 0.842. The van der Waals surface area contributed by atoms with Crippen molar-refractivity contribution in [1.82, 2.24) is 10.1 Å². The van der Waals surface area contributed by atoms with Crippen LogP contribution in [0.3, 0.4) is 0 Å². The maximum atomic E-state index is 5.74. The van der Waals surface area contributed by atoms with Crippen LogP contribution >= 0.6 is 0 Å². The highest BCUT2D eigenvalue weighted by Gasteiger charge is 2.49.